The molecule has 0 aliphatic carbocycles. The summed E-state index contributed by atoms with van der Waals surface area (Å²) in [6, 6.07) is 9.63. The van der Waals surface area contributed by atoms with Crippen molar-refractivity contribution in [3.63, 3.8) is 0 Å². The van der Waals surface area contributed by atoms with Crippen LogP contribution in [0.3, 0.4) is 0 Å². The van der Waals surface area contributed by atoms with Gasteiger partial charge in [0.2, 0.25) is 0 Å². The van der Waals surface area contributed by atoms with Crippen molar-refractivity contribution in [2.24, 2.45) is 0 Å². The van der Waals surface area contributed by atoms with Gasteiger partial charge in [-0.05, 0) is 51.1 Å². The van der Waals surface area contributed by atoms with E-state index in [9.17, 15) is 4.79 Å². The van der Waals surface area contributed by atoms with Gasteiger partial charge in [0.15, 0.2) is 0 Å². The van der Waals surface area contributed by atoms with E-state index < -0.39 is 0 Å². The Hall–Kier alpha value is -3.09. The SMILES string of the molecule is COc1ccc(-n2c(C)cc(C(=O)NC(C)Cn3cncn3)c2C)cc1. The molecule has 0 fully saturated rings. The highest BCUT2D eigenvalue weighted by Gasteiger charge is 2.18. The van der Waals surface area contributed by atoms with Crippen LogP contribution < -0.4 is 10.1 Å². The van der Waals surface area contributed by atoms with E-state index in [4.69, 9.17) is 4.74 Å². The fourth-order valence-corrected chi connectivity index (χ4v) is 3.08. The molecular formula is C19H23N5O2. The maximum Gasteiger partial charge on any atom is 0.253 e. The van der Waals surface area contributed by atoms with Crippen molar-refractivity contribution >= 4 is 5.91 Å². The third-order valence-electron chi connectivity index (χ3n) is 4.31. The summed E-state index contributed by atoms with van der Waals surface area (Å²) in [4.78, 5) is 16.6. The van der Waals surface area contributed by atoms with Gasteiger partial charge in [-0.15, -0.1) is 0 Å². The van der Waals surface area contributed by atoms with Gasteiger partial charge in [0, 0.05) is 23.1 Å². The Labute approximate surface area is 152 Å². The fourth-order valence-electron chi connectivity index (χ4n) is 3.08. The van der Waals surface area contributed by atoms with Crippen molar-refractivity contribution in [2.45, 2.75) is 33.4 Å². The second-order valence-corrected chi connectivity index (χ2v) is 6.31. The number of ether oxygens (including phenoxy) is 1. The van der Waals surface area contributed by atoms with Gasteiger partial charge in [0.05, 0.1) is 19.2 Å². The van der Waals surface area contributed by atoms with Crippen LogP contribution in [0.25, 0.3) is 5.69 Å². The summed E-state index contributed by atoms with van der Waals surface area (Å²) in [7, 11) is 1.64. The molecule has 0 saturated heterocycles. The third kappa shape index (κ3) is 3.61. The highest BCUT2D eigenvalue weighted by atomic mass is 16.5. The first-order valence-corrected chi connectivity index (χ1v) is 8.46. The molecule has 1 atom stereocenters. The lowest BCUT2D eigenvalue weighted by molar-refractivity contribution is 0.0935. The molecule has 1 aromatic carbocycles. The Morgan fingerprint density at radius 2 is 2.00 bits per heavy atom. The van der Waals surface area contributed by atoms with Crippen molar-refractivity contribution in [3.8, 4) is 11.4 Å². The number of rotatable bonds is 6. The molecule has 0 saturated carbocycles. The first-order valence-electron chi connectivity index (χ1n) is 8.46. The van der Waals surface area contributed by atoms with Gasteiger partial charge in [-0.25, -0.2) is 4.98 Å². The smallest absolute Gasteiger partial charge is 0.253 e. The van der Waals surface area contributed by atoms with E-state index in [2.05, 4.69) is 20.0 Å². The number of nitrogens with zero attached hydrogens (tertiary/aromatic N) is 4. The Morgan fingerprint density at radius 3 is 2.62 bits per heavy atom. The highest BCUT2D eigenvalue weighted by molar-refractivity contribution is 5.96. The first kappa shape index (κ1) is 17.7. The Balaban J connectivity index is 1.78. The molecular weight excluding hydrogens is 330 g/mol. The van der Waals surface area contributed by atoms with Crippen molar-refractivity contribution in [1.29, 1.82) is 0 Å². The topological polar surface area (TPSA) is 74.0 Å². The molecule has 26 heavy (non-hydrogen) atoms. The van der Waals surface area contributed by atoms with E-state index in [1.807, 2.05) is 51.1 Å². The molecule has 3 aromatic rings. The second-order valence-electron chi connectivity index (χ2n) is 6.31. The highest BCUT2D eigenvalue weighted by Crippen LogP contribution is 2.22. The maximum absolute atomic E-state index is 12.7. The predicted molar refractivity (Wildman–Crippen MR) is 98.7 cm³/mol. The standard InChI is InChI=1S/C19H23N5O2/c1-13(10-23-12-20-11-21-23)22-19(25)18-9-14(2)24(15(18)3)16-5-7-17(26-4)8-6-16/h5-9,11-13H,10H2,1-4H3,(H,22,25). The normalized spacial score (nSPS) is 12.0. The number of carbonyl (C=O) groups excluding carboxylic acids is 1. The number of carbonyl (C=O) groups is 1. The molecule has 0 radical (unpaired) electrons. The number of nitrogens with one attached hydrogen (secondary N) is 1. The average Bonchev–Trinajstić information content (AvgIpc) is 3.22. The van der Waals surface area contributed by atoms with Crippen LogP contribution in [0.15, 0.2) is 43.0 Å². The van der Waals surface area contributed by atoms with Gasteiger partial charge in [-0.2, -0.15) is 5.10 Å². The lowest BCUT2D eigenvalue weighted by Crippen LogP contribution is -2.36. The van der Waals surface area contributed by atoms with Crippen molar-refractivity contribution < 1.29 is 9.53 Å². The fraction of sp³-hybridized carbons (Fsp3) is 0.316. The second kappa shape index (κ2) is 7.43. The van der Waals surface area contributed by atoms with Crippen molar-refractivity contribution in [2.75, 3.05) is 7.11 Å². The summed E-state index contributed by atoms with van der Waals surface area (Å²) in [5.74, 6) is 0.710. The van der Waals surface area contributed by atoms with E-state index in [1.54, 1.807) is 18.1 Å². The monoisotopic (exact) mass is 353 g/mol. The van der Waals surface area contributed by atoms with Crippen LogP contribution >= 0.6 is 0 Å². The van der Waals surface area contributed by atoms with E-state index in [0.29, 0.717) is 12.1 Å². The zero-order valence-electron chi connectivity index (χ0n) is 15.4. The molecule has 0 aliphatic rings. The number of aryl methyl sites for hydroxylation is 1. The van der Waals surface area contributed by atoms with Crippen molar-refractivity contribution in [3.05, 3.63) is 59.9 Å². The largest absolute Gasteiger partial charge is 0.497 e. The number of hydrogen-bond donors (Lipinski definition) is 1. The van der Waals surface area contributed by atoms with Crippen LogP contribution in [0.5, 0.6) is 5.75 Å². The summed E-state index contributed by atoms with van der Waals surface area (Å²) < 4.78 is 8.98. The summed E-state index contributed by atoms with van der Waals surface area (Å²) in [5, 5.41) is 7.09. The van der Waals surface area contributed by atoms with E-state index >= 15 is 0 Å². The van der Waals surface area contributed by atoms with Crippen LogP contribution in [-0.4, -0.2) is 38.4 Å². The van der Waals surface area contributed by atoms with Crippen LogP contribution in [-0.2, 0) is 6.54 Å². The quantitative estimate of drug-likeness (QED) is 0.739. The molecule has 136 valence electrons. The van der Waals surface area contributed by atoms with Crippen molar-refractivity contribution in [1.82, 2.24) is 24.6 Å². The molecule has 2 heterocycles. The van der Waals surface area contributed by atoms with Gasteiger partial charge >= 0.3 is 0 Å². The van der Waals surface area contributed by atoms with E-state index in [0.717, 1.165) is 22.8 Å². The van der Waals surface area contributed by atoms with Crippen LogP contribution in [0.2, 0.25) is 0 Å². The summed E-state index contributed by atoms with van der Waals surface area (Å²) >= 11 is 0. The maximum atomic E-state index is 12.7. The van der Waals surface area contributed by atoms with E-state index in [-0.39, 0.29) is 11.9 Å². The summed E-state index contributed by atoms with van der Waals surface area (Å²) in [5.41, 5.74) is 3.57. The lowest BCUT2D eigenvalue weighted by atomic mass is 10.2. The molecule has 3 rings (SSSR count). The third-order valence-corrected chi connectivity index (χ3v) is 4.31. The molecule has 0 bridgehead atoms. The molecule has 1 N–H and O–H groups in total. The van der Waals surface area contributed by atoms with Gasteiger partial charge in [0.1, 0.15) is 18.4 Å². The minimum atomic E-state index is -0.0922. The Bertz CT molecular complexity index is 882. The lowest BCUT2D eigenvalue weighted by Gasteiger charge is -2.14. The molecule has 7 heteroatoms. The Kier molecular flexibility index (Phi) is 5.06. The predicted octanol–water partition coefficient (Wildman–Crippen LogP) is 2.51. The zero-order valence-corrected chi connectivity index (χ0v) is 15.4. The van der Waals surface area contributed by atoms with Gasteiger partial charge in [0.25, 0.3) is 5.91 Å². The molecule has 1 unspecified atom stereocenters. The van der Waals surface area contributed by atoms with Crippen LogP contribution in [0.4, 0.5) is 0 Å². The number of amides is 1. The van der Waals surface area contributed by atoms with Crippen LogP contribution in [0.1, 0.15) is 28.7 Å². The number of benzene rings is 1. The molecule has 0 spiro atoms. The molecule has 7 nitrogen and oxygen atoms in total. The molecule has 1 amide bonds. The minimum Gasteiger partial charge on any atom is -0.497 e. The summed E-state index contributed by atoms with van der Waals surface area (Å²) in [6.45, 7) is 6.46. The zero-order chi connectivity index (χ0) is 18.7. The Morgan fingerprint density at radius 1 is 1.27 bits per heavy atom. The number of hydrogen-bond acceptors (Lipinski definition) is 4. The van der Waals surface area contributed by atoms with Crippen LogP contribution in [0, 0.1) is 13.8 Å². The van der Waals surface area contributed by atoms with Gasteiger partial charge in [-0.1, -0.05) is 0 Å². The number of methoxy groups -OCH3 is 1. The van der Waals surface area contributed by atoms with Gasteiger partial charge in [-0.3, -0.25) is 9.48 Å². The molecule has 0 aliphatic heterocycles. The minimum absolute atomic E-state index is 0.0618. The number of aromatic nitrogens is 4. The molecule has 2 aromatic heterocycles. The average molecular weight is 353 g/mol. The summed E-state index contributed by atoms with van der Waals surface area (Å²) in [6.07, 6.45) is 3.12. The first-order chi connectivity index (χ1) is 12.5. The van der Waals surface area contributed by atoms with Gasteiger partial charge < -0.3 is 14.6 Å². The van der Waals surface area contributed by atoms with E-state index in [1.165, 1.54) is 6.33 Å².